The number of aryl methyl sites for hydroxylation is 1. The van der Waals surface area contributed by atoms with Crippen molar-refractivity contribution in [2.75, 3.05) is 19.0 Å². The highest BCUT2D eigenvalue weighted by atomic mass is 35.5. The summed E-state index contributed by atoms with van der Waals surface area (Å²) in [5, 5.41) is 3.06. The third-order valence-corrected chi connectivity index (χ3v) is 3.37. The summed E-state index contributed by atoms with van der Waals surface area (Å²) in [5.41, 5.74) is 1.77. The molecule has 0 aromatic heterocycles. The molecule has 2 aromatic carbocycles. The second kappa shape index (κ2) is 7.65. The number of carbonyl (C=O) groups is 2. The van der Waals surface area contributed by atoms with Crippen molar-refractivity contribution in [3.05, 3.63) is 58.6 Å². The average molecular weight is 334 g/mol. The topological polar surface area (TPSA) is 64.6 Å². The molecule has 23 heavy (non-hydrogen) atoms. The van der Waals surface area contributed by atoms with Crippen molar-refractivity contribution in [1.29, 1.82) is 0 Å². The minimum absolute atomic E-state index is 0.170. The zero-order valence-corrected chi connectivity index (χ0v) is 13.5. The maximum Gasteiger partial charge on any atom is 0.342 e. The normalized spacial score (nSPS) is 10.0. The van der Waals surface area contributed by atoms with E-state index in [2.05, 4.69) is 5.32 Å². The van der Waals surface area contributed by atoms with Gasteiger partial charge in [0.2, 0.25) is 0 Å². The fourth-order valence-electron chi connectivity index (χ4n) is 1.95. The van der Waals surface area contributed by atoms with Crippen LogP contribution in [0.1, 0.15) is 15.9 Å². The zero-order chi connectivity index (χ0) is 16.8. The number of methoxy groups -OCH3 is 1. The van der Waals surface area contributed by atoms with Crippen molar-refractivity contribution in [2.24, 2.45) is 0 Å². The van der Waals surface area contributed by atoms with E-state index in [9.17, 15) is 9.59 Å². The second-order valence-corrected chi connectivity index (χ2v) is 5.22. The molecule has 0 heterocycles. The van der Waals surface area contributed by atoms with Gasteiger partial charge in [-0.3, -0.25) is 4.79 Å². The Labute approximate surface area is 139 Å². The Balaban J connectivity index is 1.98. The molecule has 0 bridgehead atoms. The number of ether oxygens (including phenoxy) is 2. The molecular weight excluding hydrogens is 318 g/mol. The smallest absolute Gasteiger partial charge is 0.342 e. The molecule has 0 atom stereocenters. The van der Waals surface area contributed by atoms with E-state index in [-0.39, 0.29) is 5.56 Å². The molecule has 0 saturated heterocycles. The fourth-order valence-corrected chi connectivity index (χ4v) is 2.12. The lowest BCUT2D eigenvalue weighted by molar-refractivity contribution is -0.119. The summed E-state index contributed by atoms with van der Waals surface area (Å²) in [6, 6.07) is 11.9. The Hall–Kier alpha value is -2.53. The Bertz CT molecular complexity index is 730. The first-order valence-electron chi connectivity index (χ1n) is 6.87. The van der Waals surface area contributed by atoms with Crippen LogP contribution in [0, 0.1) is 6.92 Å². The lowest BCUT2D eigenvalue weighted by Crippen LogP contribution is -2.21. The highest BCUT2D eigenvalue weighted by molar-refractivity contribution is 6.31. The molecule has 2 aromatic rings. The molecule has 1 N–H and O–H groups in total. The molecule has 0 fully saturated rings. The molecule has 1 amide bonds. The molecular formula is C17H16ClNO4. The van der Waals surface area contributed by atoms with Crippen LogP contribution in [-0.4, -0.2) is 25.6 Å². The number of carbonyl (C=O) groups excluding carboxylic acids is 2. The number of amides is 1. The van der Waals surface area contributed by atoms with Gasteiger partial charge in [0, 0.05) is 10.7 Å². The van der Waals surface area contributed by atoms with Crippen LogP contribution in [0.25, 0.3) is 0 Å². The van der Waals surface area contributed by atoms with E-state index in [1.54, 1.807) is 18.2 Å². The summed E-state index contributed by atoms with van der Waals surface area (Å²) in [7, 11) is 1.44. The third-order valence-electron chi connectivity index (χ3n) is 3.13. The van der Waals surface area contributed by atoms with Crippen molar-refractivity contribution in [3.63, 3.8) is 0 Å². The largest absolute Gasteiger partial charge is 0.496 e. The van der Waals surface area contributed by atoms with E-state index in [4.69, 9.17) is 21.1 Å². The zero-order valence-electron chi connectivity index (χ0n) is 12.8. The lowest BCUT2D eigenvalue weighted by Gasteiger charge is -2.10. The van der Waals surface area contributed by atoms with E-state index in [0.717, 1.165) is 5.56 Å². The van der Waals surface area contributed by atoms with Crippen molar-refractivity contribution in [2.45, 2.75) is 6.92 Å². The van der Waals surface area contributed by atoms with Crippen LogP contribution >= 0.6 is 11.6 Å². The van der Waals surface area contributed by atoms with Crippen LogP contribution in [0.4, 0.5) is 5.69 Å². The molecule has 0 aliphatic carbocycles. The number of rotatable bonds is 5. The van der Waals surface area contributed by atoms with Crippen molar-refractivity contribution < 1.29 is 19.1 Å². The first-order chi connectivity index (χ1) is 11.0. The summed E-state index contributed by atoms with van der Waals surface area (Å²) in [6.45, 7) is 1.47. The van der Waals surface area contributed by atoms with Gasteiger partial charge < -0.3 is 14.8 Å². The van der Waals surface area contributed by atoms with Gasteiger partial charge in [-0.15, -0.1) is 0 Å². The molecule has 2 rings (SSSR count). The Morgan fingerprint density at radius 2 is 1.91 bits per heavy atom. The van der Waals surface area contributed by atoms with Crippen LogP contribution in [0.5, 0.6) is 5.75 Å². The van der Waals surface area contributed by atoms with Crippen LogP contribution < -0.4 is 10.1 Å². The highest BCUT2D eigenvalue weighted by Crippen LogP contribution is 2.23. The van der Waals surface area contributed by atoms with Gasteiger partial charge >= 0.3 is 5.97 Å². The number of benzene rings is 2. The van der Waals surface area contributed by atoms with Gasteiger partial charge in [0.15, 0.2) is 6.61 Å². The second-order valence-electron chi connectivity index (χ2n) is 4.78. The van der Waals surface area contributed by atoms with Crippen LogP contribution in [-0.2, 0) is 9.53 Å². The molecule has 0 saturated carbocycles. The van der Waals surface area contributed by atoms with Crippen molar-refractivity contribution >= 4 is 29.2 Å². The number of nitrogens with one attached hydrogen (secondary N) is 1. The Kier molecular flexibility index (Phi) is 5.60. The minimum atomic E-state index is -0.677. The van der Waals surface area contributed by atoms with Crippen LogP contribution in [0.15, 0.2) is 42.5 Å². The average Bonchev–Trinajstić information content (AvgIpc) is 2.54. The van der Waals surface area contributed by atoms with Gasteiger partial charge in [0.25, 0.3) is 5.91 Å². The molecule has 0 spiro atoms. The van der Waals surface area contributed by atoms with Gasteiger partial charge in [-0.1, -0.05) is 29.8 Å². The number of anilines is 1. The highest BCUT2D eigenvalue weighted by Gasteiger charge is 2.16. The molecule has 0 radical (unpaired) electrons. The standard InChI is InChI=1S/C17H16ClNO4/c1-11-5-3-4-6-14(11)19-16(20)10-23-17(21)13-9-12(18)7-8-15(13)22-2/h3-9H,10H2,1-2H3,(H,19,20). The number of hydrogen-bond acceptors (Lipinski definition) is 4. The maximum atomic E-state index is 12.1. The summed E-state index contributed by atoms with van der Waals surface area (Å²) in [5.74, 6) is -0.767. The summed E-state index contributed by atoms with van der Waals surface area (Å²) >= 11 is 5.86. The predicted octanol–water partition coefficient (Wildman–Crippen LogP) is 3.45. The van der Waals surface area contributed by atoms with Gasteiger partial charge in [-0.25, -0.2) is 4.79 Å². The fraction of sp³-hybridized carbons (Fsp3) is 0.176. The molecule has 5 nitrogen and oxygen atoms in total. The Morgan fingerprint density at radius 3 is 2.61 bits per heavy atom. The molecule has 0 aliphatic rings. The quantitative estimate of drug-likeness (QED) is 0.851. The van der Waals surface area contributed by atoms with Crippen LogP contribution in [0.2, 0.25) is 5.02 Å². The maximum absolute atomic E-state index is 12.1. The van der Waals surface area contributed by atoms with Crippen molar-refractivity contribution in [3.8, 4) is 5.75 Å². The summed E-state index contributed by atoms with van der Waals surface area (Å²) in [6.07, 6.45) is 0. The molecule has 0 aliphatic heterocycles. The van der Waals surface area contributed by atoms with Gasteiger partial charge in [-0.2, -0.15) is 0 Å². The van der Waals surface area contributed by atoms with Gasteiger partial charge in [0.1, 0.15) is 11.3 Å². The summed E-state index contributed by atoms with van der Waals surface area (Å²) < 4.78 is 10.1. The lowest BCUT2D eigenvalue weighted by atomic mass is 10.2. The van der Waals surface area contributed by atoms with E-state index >= 15 is 0 Å². The third kappa shape index (κ3) is 4.47. The van der Waals surface area contributed by atoms with E-state index < -0.39 is 18.5 Å². The predicted molar refractivity (Wildman–Crippen MR) is 88.1 cm³/mol. The summed E-state index contributed by atoms with van der Waals surface area (Å²) in [4.78, 5) is 23.9. The number of para-hydroxylation sites is 1. The number of halogens is 1. The first-order valence-corrected chi connectivity index (χ1v) is 7.25. The van der Waals surface area contributed by atoms with Gasteiger partial charge in [0.05, 0.1) is 7.11 Å². The monoisotopic (exact) mass is 333 g/mol. The van der Waals surface area contributed by atoms with Crippen LogP contribution in [0.3, 0.4) is 0 Å². The van der Waals surface area contributed by atoms with E-state index in [1.807, 2.05) is 25.1 Å². The SMILES string of the molecule is COc1ccc(Cl)cc1C(=O)OCC(=O)Nc1ccccc1C. The number of hydrogen-bond donors (Lipinski definition) is 1. The number of esters is 1. The first kappa shape index (κ1) is 16.8. The van der Waals surface area contributed by atoms with Crippen molar-refractivity contribution in [1.82, 2.24) is 0 Å². The molecule has 6 heteroatoms. The molecule has 120 valence electrons. The molecule has 0 unspecified atom stereocenters. The minimum Gasteiger partial charge on any atom is -0.496 e. The van der Waals surface area contributed by atoms with E-state index in [0.29, 0.717) is 16.5 Å². The Morgan fingerprint density at radius 1 is 1.17 bits per heavy atom. The van der Waals surface area contributed by atoms with E-state index in [1.165, 1.54) is 13.2 Å². The van der Waals surface area contributed by atoms with Gasteiger partial charge in [-0.05, 0) is 36.8 Å².